The lowest BCUT2D eigenvalue weighted by molar-refractivity contribution is -0.149. The van der Waals surface area contributed by atoms with Crippen molar-refractivity contribution in [3.63, 3.8) is 0 Å². The molecule has 2 N–H and O–H groups in total. The van der Waals surface area contributed by atoms with E-state index >= 15 is 0 Å². The molecule has 44 heavy (non-hydrogen) atoms. The minimum atomic E-state index is -3.56. The van der Waals surface area contributed by atoms with Gasteiger partial charge < -0.3 is 28.7 Å². The molecule has 0 bridgehead atoms. The highest BCUT2D eigenvalue weighted by atomic mass is 31.2. The molecule has 14 heteroatoms. The third kappa shape index (κ3) is 15.1. The predicted octanol–water partition coefficient (Wildman–Crippen LogP) is 3.84. The molecule has 0 radical (unpaired) electrons. The van der Waals surface area contributed by atoms with Crippen LogP contribution in [0, 0.1) is 0 Å². The standard InChI is InChI=1S/2C15H19O6P/c1-12(2)15(17)21-10-9-20-14(16)8-11-22(18,19)13-6-4-3-5-7-13;1-12(2)15(18)20-9-10-21-22(19,11-8-14(16)17)13-6-4-3-5-7-13/h3-7H,1,8-11H2,2H3,(H,18,19);3-7H,1,8-11H2,2H3,(H,16,17). The van der Waals surface area contributed by atoms with Gasteiger partial charge in [-0.15, -0.1) is 0 Å². The summed E-state index contributed by atoms with van der Waals surface area (Å²) in [6, 6.07) is 16.6. The molecule has 2 unspecified atom stereocenters. The van der Waals surface area contributed by atoms with Crippen molar-refractivity contribution < 1.29 is 57.0 Å². The van der Waals surface area contributed by atoms with Crippen LogP contribution in [-0.4, -0.2) is 72.6 Å². The van der Waals surface area contributed by atoms with E-state index in [1.165, 1.54) is 13.8 Å². The summed E-state index contributed by atoms with van der Waals surface area (Å²) in [5, 5.41) is 9.52. The van der Waals surface area contributed by atoms with Crippen molar-refractivity contribution in [2.75, 3.05) is 38.8 Å². The maximum atomic E-state index is 12.9. The van der Waals surface area contributed by atoms with Gasteiger partial charge >= 0.3 is 23.9 Å². The van der Waals surface area contributed by atoms with E-state index in [0.717, 1.165) is 0 Å². The molecule has 0 saturated heterocycles. The zero-order valence-electron chi connectivity index (χ0n) is 24.7. The largest absolute Gasteiger partial charge is 0.481 e. The summed E-state index contributed by atoms with van der Waals surface area (Å²) in [4.78, 5) is 54.4. The van der Waals surface area contributed by atoms with E-state index in [0.29, 0.717) is 10.6 Å². The van der Waals surface area contributed by atoms with Gasteiger partial charge in [-0.1, -0.05) is 49.6 Å². The topological polar surface area (TPSA) is 180 Å². The Morgan fingerprint density at radius 1 is 0.682 bits per heavy atom. The first kappa shape index (κ1) is 38.2. The second-order valence-corrected chi connectivity index (χ2v) is 14.2. The Bertz CT molecular complexity index is 1370. The van der Waals surface area contributed by atoms with Gasteiger partial charge in [0.15, 0.2) is 0 Å². The molecule has 0 aliphatic rings. The summed E-state index contributed by atoms with van der Waals surface area (Å²) >= 11 is 0. The highest BCUT2D eigenvalue weighted by Crippen LogP contribution is 2.46. The van der Waals surface area contributed by atoms with Crippen LogP contribution in [0.15, 0.2) is 85.0 Å². The number of aliphatic carboxylic acids is 1. The Labute approximate surface area is 256 Å². The monoisotopic (exact) mass is 652 g/mol. The summed E-state index contributed by atoms with van der Waals surface area (Å²) in [7, 11) is -6.87. The van der Waals surface area contributed by atoms with E-state index in [2.05, 4.69) is 13.2 Å². The van der Waals surface area contributed by atoms with E-state index in [1.54, 1.807) is 60.7 Å². The number of hydrogen-bond donors (Lipinski definition) is 2. The fourth-order valence-electron chi connectivity index (χ4n) is 3.13. The van der Waals surface area contributed by atoms with E-state index in [9.17, 15) is 33.2 Å². The first-order chi connectivity index (χ1) is 20.7. The lowest BCUT2D eigenvalue weighted by Crippen LogP contribution is -2.16. The van der Waals surface area contributed by atoms with Gasteiger partial charge in [0.1, 0.15) is 19.8 Å². The number of carbonyl (C=O) groups excluding carboxylic acids is 3. The molecule has 0 spiro atoms. The van der Waals surface area contributed by atoms with Gasteiger partial charge in [-0.05, 0) is 38.1 Å². The van der Waals surface area contributed by atoms with Crippen LogP contribution in [0.5, 0.6) is 0 Å². The summed E-state index contributed by atoms with van der Waals surface area (Å²) in [6.07, 6.45) is -0.753. The molecule has 0 heterocycles. The maximum Gasteiger partial charge on any atom is 0.333 e. The molecule has 0 aliphatic heterocycles. The molecular weight excluding hydrogens is 614 g/mol. The van der Waals surface area contributed by atoms with Crippen molar-refractivity contribution in [1.82, 2.24) is 0 Å². The van der Waals surface area contributed by atoms with Crippen molar-refractivity contribution in [1.29, 1.82) is 0 Å². The van der Waals surface area contributed by atoms with Crippen LogP contribution in [0.1, 0.15) is 26.7 Å². The Balaban J connectivity index is 0.000000440. The van der Waals surface area contributed by atoms with Crippen LogP contribution in [0.2, 0.25) is 0 Å². The number of hydrogen-bond acceptors (Lipinski definition) is 10. The first-order valence-corrected chi connectivity index (χ1v) is 17.0. The van der Waals surface area contributed by atoms with Crippen molar-refractivity contribution in [2.45, 2.75) is 26.7 Å². The van der Waals surface area contributed by atoms with Crippen molar-refractivity contribution >= 4 is 49.2 Å². The van der Waals surface area contributed by atoms with E-state index < -0.39 is 38.6 Å². The van der Waals surface area contributed by atoms with E-state index in [-0.39, 0.29) is 62.7 Å². The molecule has 2 aromatic carbocycles. The summed E-state index contributed by atoms with van der Waals surface area (Å²) < 4.78 is 44.8. The van der Waals surface area contributed by atoms with E-state index in [1.807, 2.05) is 0 Å². The second kappa shape index (κ2) is 19.5. The summed E-state index contributed by atoms with van der Waals surface area (Å²) in [5.41, 5.74) is 0.521. The number of rotatable bonds is 17. The summed E-state index contributed by atoms with van der Waals surface area (Å²) in [6.45, 7) is 9.56. The van der Waals surface area contributed by atoms with Crippen LogP contribution < -0.4 is 10.6 Å². The predicted molar refractivity (Wildman–Crippen MR) is 165 cm³/mol. The Kier molecular flexibility index (Phi) is 16.9. The Morgan fingerprint density at radius 3 is 1.61 bits per heavy atom. The average molecular weight is 653 g/mol. The van der Waals surface area contributed by atoms with Crippen LogP contribution in [0.3, 0.4) is 0 Å². The zero-order chi connectivity index (χ0) is 33.2. The third-order valence-electron chi connectivity index (χ3n) is 5.44. The molecule has 0 fully saturated rings. The van der Waals surface area contributed by atoms with Crippen LogP contribution >= 0.6 is 14.7 Å². The van der Waals surface area contributed by atoms with Gasteiger partial charge in [0.2, 0.25) is 14.7 Å². The molecule has 2 aromatic rings. The molecule has 0 aliphatic carbocycles. The van der Waals surface area contributed by atoms with Crippen molar-refractivity contribution in [3.05, 3.63) is 85.0 Å². The van der Waals surface area contributed by atoms with Gasteiger partial charge in [0.05, 0.1) is 19.4 Å². The number of benzene rings is 2. The lowest BCUT2D eigenvalue weighted by Gasteiger charge is -2.18. The highest BCUT2D eigenvalue weighted by Gasteiger charge is 2.27. The fourth-order valence-corrected chi connectivity index (χ4v) is 6.53. The van der Waals surface area contributed by atoms with E-state index in [4.69, 9.17) is 23.8 Å². The van der Waals surface area contributed by atoms with Gasteiger partial charge in [-0.2, -0.15) is 0 Å². The number of ether oxygens (including phenoxy) is 3. The second-order valence-electron chi connectivity index (χ2n) is 9.27. The molecule has 12 nitrogen and oxygen atoms in total. The van der Waals surface area contributed by atoms with Gasteiger partial charge in [0.25, 0.3) is 0 Å². The van der Waals surface area contributed by atoms with Crippen LogP contribution in [0.25, 0.3) is 0 Å². The molecule has 0 amide bonds. The van der Waals surface area contributed by atoms with Crippen molar-refractivity contribution in [3.8, 4) is 0 Å². The molecular formula is C30H38O12P2. The number of carboxylic acids is 1. The van der Waals surface area contributed by atoms with Crippen LogP contribution in [-0.2, 0) is 47.0 Å². The smallest absolute Gasteiger partial charge is 0.333 e. The fraction of sp³-hybridized carbons (Fsp3) is 0.333. The first-order valence-electron chi connectivity index (χ1n) is 13.4. The SMILES string of the molecule is C=C(C)C(=O)OCCOC(=O)CCP(=O)(O)c1ccccc1.C=C(C)C(=O)OCCOP(=O)(CCC(=O)O)c1ccccc1. The van der Waals surface area contributed by atoms with Crippen LogP contribution in [0.4, 0.5) is 0 Å². The highest BCUT2D eigenvalue weighted by molar-refractivity contribution is 7.67. The average Bonchev–Trinajstić information content (AvgIpc) is 3.00. The minimum absolute atomic E-state index is 0.0738. The normalized spacial score (nSPS) is 13.1. The number of carboxylic acid groups (broad SMARTS) is 1. The Morgan fingerprint density at radius 2 is 1.14 bits per heavy atom. The maximum absolute atomic E-state index is 12.9. The molecule has 2 rings (SSSR count). The number of esters is 3. The minimum Gasteiger partial charge on any atom is -0.481 e. The zero-order valence-corrected chi connectivity index (χ0v) is 26.5. The molecule has 0 saturated carbocycles. The van der Waals surface area contributed by atoms with Gasteiger partial charge in [-0.25, -0.2) is 9.59 Å². The molecule has 240 valence electrons. The van der Waals surface area contributed by atoms with Crippen molar-refractivity contribution in [2.24, 2.45) is 0 Å². The quantitative estimate of drug-likeness (QED) is 0.0830. The summed E-state index contributed by atoms with van der Waals surface area (Å²) in [5.74, 6) is -2.77. The number of carbonyl (C=O) groups is 4. The van der Waals surface area contributed by atoms with Gasteiger partial charge in [0, 0.05) is 34.1 Å². The third-order valence-corrected chi connectivity index (χ3v) is 9.87. The van der Waals surface area contributed by atoms with Gasteiger partial charge in [-0.3, -0.25) is 18.7 Å². The Hall–Kier alpha value is -3.82. The molecule has 0 aromatic heterocycles. The molecule has 2 atom stereocenters. The lowest BCUT2D eigenvalue weighted by atomic mass is 10.4.